The predicted molar refractivity (Wildman–Crippen MR) is 178 cm³/mol. The normalized spacial score (nSPS) is 11.1. The van der Waals surface area contributed by atoms with Crippen molar-refractivity contribution in [3.05, 3.63) is 48.0 Å². The van der Waals surface area contributed by atoms with Crippen molar-refractivity contribution >= 4 is 5.97 Å². The number of aromatic carboxylic acids is 1. The van der Waals surface area contributed by atoms with Gasteiger partial charge in [-0.25, -0.2) is 4.79 Å². The molecule has 0 spiro atoms. The van der Waals surface area contributed by atoms with Gasteiger partial charge in [-0.2, -0.15) is 0 Å². The van der Waals surface area contributed by atoms with E-state index in [2.05, 4.69) is 55.4 Å². The van der Waals surface area contributed by atoms with Crippen LogP contribution in [0.2, 0.25) is 0 Å². The van der Waals surface area contributed by atoms with E-state index in [1.54, 1.807) is 18.2 Å². The zero-order valence-corrected chi connectivity index (χ0v) is 28.3. The van der Waals surface area contributed by atoms with Crippen molar-refractivity contribution < 1.29 is 28.8 Å². The lowest BCUT2D eigenvalue weighted by Crippen LogP contribution is -2.04. The molecular weight excluding hydrogens is 540 g/mol. The van der Waals surface area contributed by atoms with E-state index in [9.17, 15) is 9.90 Å². The summed E-state index contributed by atoms with van der Waals surface area (Å²) in [5.41, 5.74) is 0.199. The minimum absolute atomic E-state index is 0.199. The van der Waals surface area contributed by atoms with Crippen LogP contribution in [-0.2, 0) is 0 Å². The third-order valence-electron chi connectivity index (χ3n) is 6.71. The molecule has 0 unspecified atom stereocenters. The Morgan fingerprint density at radius 2 is 0.837 bits per heavy atom. The second-order valence-corrected chi connectivity index (χ2v) is 13.0. The molecule has 0 aliphatic heterocycles. The van der Waals surface area contributed by atoms with Crippen molar-refractivity contribution in [2.24, 2.45) is 23.7 Å². The van der Waals surface area contributed by atoms with Gasteiger partial charge < -0.3 is 24.1 Å². The fourth-order valence-electron chi connectivity index (χ4n) is 4.24. The summed E-state index contributed by atoms with van der Waals surface area (Å²) in [6, 6.07) is 12.9. The first-order valence-corrected chi connectivity index (χ1v) is 16.5. The molecular formula is C37H60O6. The summed E-state index contributed by atoms with van der Waals surface area (Å²) in [4.78, 5) is 11.2. The molecule has 0 radical (unpaired) electrons. The van der Waals surface area contributed by atoms with Crippen LogP contribution < -0.4 is 18.9 Å². The number of carboxylic acid groups (broad SMARTS) is 1. The van der Waals surface area contributed by atoms with Gasteiger partial charge in [0.2, 0.25) is 0 Å². The molecule has 244 valence electrons. The van der Waals surface area contributed by atoms with Crippen LogP contribution in [0.4, 0.5) is 0 Å². The van der Waals surface area contributed by atoms with Crippen LogP contribution in [0.3, 0.4) is 0 Å². The molecule has 2 aromatic carbocycles. The molecule has 0 atom stereocenters. The van der Waals surface area contributed by atoms with Crippen molar-refractivity contribution in [1.29, 1.82) is 0 Å². The number of benzene rings is 2. The van der Waals surface area contributed by atoms with Crippen molar-refractivity contribution in [3.8, 4) is 23.0 Å². The van der Waals surface area contributed by atoms with E-state index in [4.69, 9.17) is 18.9 Å². The lowest BCUT2D eigenvalue weighted by atomic mass is 10.1. The summed E-state index contributed by atoms with van der Waals surface area (Å²) in [5, 5.41) is 9.21. The predicted octanol–water partition coefficient (Wildman–Crippen LogP) is 10.3. The minimum Gasteiger partial charge on any atom is -0.493 e. The van der Waals surface area contributed by atoms with Gasteiger partial charge in [0, 0.05) is 12.1 Å². The molecule has 2 rings (SSSR count). The molecule has 0 saturated carbocycles. The third-order valence-corrected chi connectivity index (χ3v) is 6.71. The van der Waals surface area contributed by atoms with Crippen LogP contribution >= 0.6 is 0 Å². The van der Waals surface area contributed by atoms with Gasteiger partial charge in [-0.3, -0.25) is 0 Å². The lowest BCUT2D eigenvalue weighted by Gasteiger charge is -2.12. The molecule has 0 fully saturated rings. The summed E-state index contributed by atoms with van der Waals surface area (Å²) < 4.78 is 22.9. The highest BCUT2D eigenvalue weighted by Gasteiger charge is 2.09. The number of ether oxygens (including phenoxy) is 4. The van der Waals surface area contributed by atoms with Crippen molar-refractivity contribution in [3.63, 3.8) is 0 Å². The SMILES string of the molecule is CC(C)CCCOc1cc(OCCCC(C)C)cc(C(=O)O)c1.CC(C)CCCOc1cccc(OCCCC(C)C)c1. The molecule has 0 aliphatic rings. The Labute approximate surface area is 262 Å². The fourth-order valence-corrected chi connectivity index (χ4v) is 4.24. The zero-order chi connectivity index (χ0) is 32.0. The van der Waals surface area contributed by atoms with Crippen molar-refractivity contribution in [1.82, 2.24) is 0 Å². The number of rotatable bonds is 21. The summed E-state index contributed by atoms with van der Waals surface area (Å²) >= 11 is 0. The van der Waals surface area contributed by atoms with Crippen LogP contribution in [0.15, 0.2) is 42.5 Å². The van der Waals surface area contributed by atoms with Crippen LogP contribution in [0.1, 0.15) is 117 Å². The number of carbonyl (C=O) groups is 1. The van der Waals surface area contributed by atoms with Crippen LogP contribution in [0.5, 0.6) is 23.0 Å². The smallest absolute Gasteiger partial charge is 0.335 e. The summed E-state index contributed by atoms with van der Waals surface area (Å²) in [6.45, 7) is 20.4. The van der Waals surface area contributed by atoms with Gasteiger partial charge in [0.05, 0.1) is 32.0 Å². The summed E-state index contributed by atoms with van der Waals surface area (Å²) in [5.74, 6) is 4.76. The quantitative estimate of drug-likeness (QED) is 0.144. The Morgan fingerprint density at radius 3 is 1.14 bits per heavy atom. The van der Waals surface area contributed by atoms with E-state index >= 15 is 0 Å². The van der Waals surface area contributed by atoms with E-state index < -0.39 is 5.97 Å². The van der Waals surface area contributed by atoms with Crippen LogP contribution in [-0.4, -0.2) is 37.5 Å². The monoisotopic (exact) mass is 600 g/mol. The van der Waals surface area contributed by atoms with E-state index in [1.165, 1.54) is 12.8 Å². The molecule has 0 aliphatic carbocycles. The maximum absolute atomic E-state index is 11.2. The molecule has 6 heteroatoms. The Morgan fingerprint density at radius 1 is 0.535 bits per heavy atom. The van der Waals surface area contributed by atoms with E-state index in [-0.39, 0.29) is 5.56 Å². The number of carboxylic acids is 1. The largest absolute Gasteiger partial charge is 0.493 e. The van der Waals surface area contributed by atoms with Crippen molar-refractivity contribution in [2.45, 2.75) is 107 Å². The number of hydrogen-bond donors (Lipinski definition) is 1. The molecule has 0 bridgehead atoms. The van der Waals surface area contributed by atoms with Gasteiger partial charge in [0.1, 0.15) is 23.0 Å². The average Bonchev–Trinajstić information content (AvgIpc) is 2.94. The highest BCUT2D eigenvalue weighted by molar-refractivity contribution is 5.88. The maximum Gasteiger partial charge on any atom is 0.335 e. The molecule has 0 heterocycles. The van der Waals surface area contributed by atoms with Gasteiger partial charge in [-0.15, -0.1) is 0 Å². The topological polar surface area (TPSA) is 74.2 Å². The molecule has 43 heavy (non-hydrogen) atoms. The fraction of sp³-hybridized carbons (Fsp3) is 0.649. The van der Waals surface area contributed by atoms with Gasteiger partial charge in [0.25, 0.3) is 0 Å². The lowest BCUT2D eigenvalue weighted by molar-refractivity contribution is 0.0695. The first-order valence-electron chi connectivity index (χ1n) is 16.5. The summed E-state index contributed by atoms with van der Waals surface area (Å²) in [6.07, 6.45) is 8.75. The Balaban J connectivity index is 0.000000434. The second-order valence-electron chi connectivity index (χ2n) is 13.0. The van der Waals surface area contributed by atoms with Crippen LogP contribution in [0, 0.1) is 23.7 Å². The molecule has 0 saturated heterocycles. The molecule has 2 aromatic rings. The summed E-state index contributed by atoms with van der Waals surface area (Å²) in [7, 11) is 0. The Bertz CT molecular complexity index is 933. The first-order chi connectivity index (χ1) is 20.5. The third kappa shape index (κ3) is 20.6. The van der Waals surface area contributed by atoms with E-state index in [0.29, 0.717) is 36.5 Å². The molecule has 6 nitrogen and oxygen atoms in total. The molecule has 0 amide bonds. The second kappa shape index (κ2) is 22.6. The zero-order valence-electron chi connectivity index (χ0n) is 28.3. The average molecular weight is 601 g/mol. The highest BCUT2D eigenvalue weighted by atomic mass is 16.5. The Hall–Kier alpha value is -2.89. The number of hydrogen-bond acceptors (Lipinski definition) is 5. The van der Waals surface area contributed by atoms with Gasteiger partial charge in [-0.05, 0) is 99.3 Å². The molecule has 0 aromatic heterocycles. The van der Waals surface area contributed by atoms with E-state index in [0.717, 1.165) is 75.1 Å². The van der Waals surface area contributed by atoms with Crippen molar-refractivity contribution in [2.75, 3.05) is 26.4 Å². The minimum atomic E-state index is -0.968. The van der Waals surface area contributed by atoms with Gasteiger partial charge in [-0.1, -0.05) is 61.5 Å². The van der Waals surface area contributed by atoms with E-state index in [1.807, 2.05) is 24.3 Å². The molecule has 1 N–H and O–H groups in total. The van der Waals surface area contributed by atoms with Gasteiger partial charge in [0.15, 0.2) is 0 Å². The van der Waals surface area contributed by atoms with Crippen LogP contribution in [0.25, 0.3) is 0 Å². The first kappa shape index (κ1) is 38.1. The maximum atomic E-state index is 11.2. The Kier molecular flexibility index (Phi) is 20.1. The standard InChI is InChI=1S/C19H30O4.C18H30O2/c1-14(2)7-5-9-22-17-11-16(19(20)21)12-18(13-17)23-10-6-8-15(3)4;1-15(2)8-6-12-19-17-10-5-11-18(14-17)20-13-7-9-16(3)4/h11-15H,5-10H2,1-4H3,(H,20,21);5,10-11,14-16H,6-9,12-13H2,1-4H3. The van der Waals surface area contributed by atoms with Gasteiger partial charge >= 0.3 is 5.97 Å². The highest BCUT2D eigenvalue weighted by Crippen LogP contribution is 2.24.